The minimum atomic E-state index is -1.01. The van der Waals surface area contributed by atoms with Crippen LogP contribution in [0.1, 0.15) is 41.4 Å². The Balaban J connectivity index is 1.81. The average Bonchev–Trinajstić information content (AvgIpc) is 3.17. The van der Waals surface area contributed by atoms with Crippen LogP contribution in [0.5, 0.6) is 5.75 Å². The second kappa shape index (κ2) is 11.2. The molecule has 0 bridgehead atoms. The molecule has 1 aromatic heterocycles. The summed E-state index contributed by atoms with van der Waals surface area (Å²) in [6.07, 6.45) is 3.05. The van der Waals surface area contributed by atoms with Gasteiger partial charge in [-0.15, -0.1) is 0 Å². The van der Waals surface area contributed by atoms with Crippen LogP contribution < -0.4 is 9.64 Å². The maximum absolute atomic E-state index is 13.3. The molecule has 8 nitrogen and oxygen atoms in total. The summed E-state index contributed by atoms with van der Waals surface area (Å²) in [6.45, 7) is 4.13. The molecule has 1 saturated heterocycles. The molecular formula is C28H24Cl2N2O6. The first-order valence-electron chi connectivity index (χ1n) is 11.7. The molecule has 1 atom stereocenters. The summed E-state index contributed by atoms with van der Waals surface area (Å²) in [7, 11) is 1.40. The van der Waals surface area contributed by atoms with Crippen molar-refractivity contribution in [1.29, 1.82) is 0 Å². The Labute approximate surface area is 229 Å². The number of hydrogen-bond acceptors (Lipinski definition) is 7. The van der Waals surface area contributed by atoms with Crippen molar-refractivity contribution in [2.24, 2.45) is 5.92 Å². The SMILES string of the molecule is COc1c(Cl)cc(/C(O)=C2\C(=O)C(=O)N(c3ccc(C(=O)OCC(C)C)cc3)C2c2cccnc2)cc1Cl. The van der Waals surface area contributed by atoms with E-state index in [4.69, 9.17) is 32.7 Å². The predicted molar refractivity (Wildman–Crippen MR) is 144 cm³/mol. The number of aromatic nitrogens is 1. The quantitative estimate of drug-likeness (QED) is 0.169. The van der Waals surface area contributed by atoms with Crippen LogP contribution in [0.4, 0.5) is 5.69 Å². The number of amides is 1. The third kappa shape index (κ3) is 5.23. The number of anilines is 1. The summed E-state index contributed by atoms with van der Waals surface area (Å²) in [5, 5.41) is 11.5. The summed E-state index contributed by atoms with van der Waals surface area (Å²) in [5.74, 6) is -2.33. The monoisotopic (exact) mass is 554 g/mol. The van der Waals surface area contributed by atoms with Gasteiger partial charge in [-0.1, -0.05) is 43.1 Å². The van der Waals surface area contributed by atoms with E-state index >= 15 is 0 Å². The number of carbonyl (C=O) groups excluding carboxylic acids is 3. The van der Waals surface area contributed by atoms with Gasteiger partial charge < -0.3 is 14.6 Å². The topological polar surface area (TPSA) is 106 Å². The third-order valence-corrected chi connectivity index (χ3v) is 6.41. The van der Waals surface area contributed by atoms with Crippen LogP contribution in [0.3, 0.4) is 0 Å². The molecule has 4 rings (SSSR count). The first-order valence-corrected chi connectivity index (χ1v) is 12.4. The number of ether oxygens (including phenoxy) is 2. The van der Waals surface area contributed by atoms with E-state index in [9.17, 15) is 19.5 Å². The van der Waals surface area contributed by atoms with Crippen molar-refractivity contribution < 1.29 is 29.0 Å². The van der Waals surface area contributed by atoms with Gasteiger partial charge in [-0.25, -0.2) is 4.79 Å². The largest absolute Gasteiger partial charge is 0.507 e. The number of esters is 1. The Bertz CT molecular complexity index is 1400. The average molecular weight is 555 g/mol. The second-order valence-electron chi connectivity index (χ2n) is 8.97. The van der Waals surface area contributed by atoms with Gasteiger partial charge in [0.15, 0.2) is 5.75 Å². The van der Waals surface area contributed by atoms with Crippen LogP contribution in [-0.4, -0.2) is 41.5 Å². The molecule has 38 heavy (non-hydrogen) atoms. The molecule has 1 amide bonds. The standard InChI is InChI=1S/C28H24Cl2N2O6/c1-15(2)14-38-28(36)16-6-8-19(9-7-16)32-23(17-5-4-10-31-13-17)22(25(34)27(32)35)24(33)18-11-20(29)26(37-3)21(30)12-18/h4-13,15,23,33H,14H2,1-3H3/b24-22+. The summed E-state index contributed by atoms with van der Waals surface area (Å²) >= 11 is 12.5. The first kappa shape index (κ1) is 27.2. The third-order valence-electron chi connectivity index (χ3n) is 5.85. The van der Waals surface area contributed by atoms with Crippen LogP contribution in [0.25, 0.3) is 5.76 Å². The molecule has 0 aliphatic carbocycles. The fourth-order valence-electron chi connectivity index (χ4n) is 4.08. The van der Waals surface area contributed by atoms with E-state index in [0.717, 1.165) is 0 Å². The van der Waals surface area contributed by atoms with Crippen LogP contribution >= 0.6 is 23.2 Å². The van der Waals surface area contributed by atoms with Crippen LogP contribution in [0.15, 0.2) is 66.5 Å². The van der Waals surface area contributed by atoms with E-state index in [1.165, 1.54) is 42.5 Å². The Morgan fingerprint density at radius 1 is 1.08 bits per heavy atom. The van der Waals surface area contributed by atoms with Crippen molar-refractivity contribution in [3.05, 3.63) is 93.2 Å². The van der Waals surface area contributed by atoms with Gasteiger partial charge in [-0.2, -0.15) is 0 Å². The minimum Gasteiger partial charge on any atom is -0.507 e. The van der Waals surface area contributed by atoms with Crippen molar-refractivity contribution in [2.45, 2.75) is 19.9 Å². The van der Waals surface area contributed by atoms with E-state index < -0.39 is 29.5 Å². The number of aliphatic hydroxyl groups is 1. The number of pyridine rings is 1. The normalized spacial score (nSPS) is 16.7. The van der Waals surface area contributed by atoms with E-state index in [1.54, 1.807) is 30.5 Å². The maximum Gasteiger partial charge on any atom is 0.338 e. The number of nitrogens with zero attached hydrogens (tertiary/aromatic N) is 2. The number of benzene rings is 2. The molecular weight excluding hydrogens is 531 g/mol. The number of methoxy groups -OCH3 is 1. The van der Waals surface area contributed by atoms with Crippen LogP contribution in [-0.2, 0) is 14.3 Å². The number of carbonyl (C=O) groups is 3. The molecule has 3 aromatic rings. The van der Waals surface area contributed by atoms with Gasteiger partial charge in [0.1, 0.15) is 5.76 Å². The number of Topliss-reactive ketones (excluding diaryl/α,β-unsaturated/α-hetero) is 1. The number of halogens is 2. The van der Waals surface area contributed by atoms with Gasteiger partial charge in [0.25, 0.3) is 11.7 Å². The van der Waals surface area contributed by atoms with Gasteiger partial charge in [-0.3, -0.25) is 19.5 Å². The lowest BCUT2D eigenvalue weighted by Crippen LogP contribution is -2.29. The van der Waals surface area contributed by atoms with E-state index in [2.05, 4.69) is 4.98 Å². The smallest absolute Gasteiger partial charge is 0.338 e. The molecule has 2 aromatic carbocycles. The van der Waals surface area contributed by atoms with Crippen molar-refractivity contribution >= 4 is 52.3 Å². The molecule has 2 heterocycles. The number of rotatable bonds is 7. The predicted octanol–water partition coefficient (Wildman–Crippen LogP) is 5.84. The molecule has 10 heteroatoms. The van der Waals surface area contributed by atoms with Crippen molar-refractivity contribution in [3.63, 3.8) is 0 Å². The molecule has 1 unspecified atom stereocenters. The Morgan fingerprint density at radius 2 is 1.74 bits per heavy atom. The molecule has 0 saturated carbocycles. The zero-order chi connectivity index (χ0) is 27.6. The lowest BCUT2D eigenvalue weighted by atomic mass is 9.96. The van der Waals surface area contributed by atoms with Gasteiger partial charge in [0, 0.05) is 23.6 Å². The molecule has 1 N–H and O–H groups in total. The molecule has 1 aliphatic heterocycles. The fourth-order valence-corrected chi connectivity index (χ4v) is 4.72. The Kier molecular flexibility index (Phi) is 8.04. The van der Waals surface area contributed by atoms with Gasteiger partial charge in [-0.05, 0) is 53.9 Å². The highest BCUT2D eigenvalue weighted by molar-refractivity contribution is 6.51. The molecule has 1 aliphatic rings. The second-order valence-corrected chi connectivity index (χ2v) is 9.78. The zero-order valence-electron chi connectivity index (χ0n) is 20.8. The summed E-state index contributed by atoms with van der Waals surface area (Å²) in [6, 6.07) is 11.2. The Morgan fingerprint density at radius 3 is 2.29 bits per heavy atom. The highest BCUT2D eigenvalue weighted by atomic mass is 35.5. The van der Waals surface area contributed by atoms with Crippen LogP contribution in [0, 0.1) is 5.92 Å². The maximum atomic E-state index is 13.3. The highest BCUT2D eigenvalue weighted by Gasteiger charge is 2.47. The molecule has 196 valence electrons. The van der Waals surface area contributed by atoms with Gasteiger partial charge in [0.2, 0.25) is 0 Å². The summed E-state index contributed by atoms with van der Waals surface area (Å²) in [5.41, 5.74) is 1.09. The zero-order valence-corrected chi connectivity index (χ0v) is 22.3. The number of aliphatic hydroxyl groups excluding tert-OH is 1. The van der Waals surface area contributed by atoms with Gasteiger partial charge >= 0.3 is 5.97 Å². The highest BCUT2D eigenvalue weighted by Crippen LogP contribution is 2.43. The number of hydrogen-bond donors (Lipinski definition) is 1. The van der Waals surface area contributed by atoms with E-state index in [1.807, 2.05) is 13.8 Å². The number of ketones is 1. The Hall–Kier alpha value is -3.88. The van der Waals surface area contributed by atoms with E-state index in [-0.39, 0.29) is 39.5 Å². The minimum absolute atomic E-state index is 0.119. The van der Waals surface area contributed by atoms with Crippen LogP contribution in [0.2, 0.25) is 10.0 Å². The first-order chi connectivity index (χ1) is 18.1. The summed E-state index contributed by atoms with van der Waals surface area (Å²) in [4.78, 5) is 44.3. The summed E-state index contributed by atoms with van der Waals surface area (Å²) < 4.78 is 10.4. The van der Waals surface area contributed by atoms with Crippen molar-refractivity contribution in [2.75, 3.05) is 18.6 Å². The molecule has 1 fully saturated rings. The van der Waals surface area contributed by atoms with E-state index in [0.29, 0.717) is 16.8 Å². The molecule has 0 radical (unpaired) electrons. The van der Waals surface area contributed by atoms with Crippen molar-refractivity contribution in [1.82, 2.24) is 4.98 Å². The fraction of sp³-hybridized carbons (Fsp3) is 0.214. The molecule has 0 spiro atoms. The van der Waals surface area contributed by atoms with Gasteiger partial charge in [0.05, 0.1) is 40.9 Å². The van der Waals surface area contributed by atoms with Crippen molar-refractivity contribution in [3.8, 4) is 5.75 Å². The lowest BCUT2D eigenvalue weighted by molar-refractivity contribution is -0.132. The lowest BCUT2D eigenvalue weighted by Gasteiger charge is -2.25.